The lowest BCUT2D eigenvalue weighted by molar-refractivity contribution is 0.0780. The molecule has 0 bridgehead atoms. The number of likely N-dealkylation sites (tertiary alicyclic amines) is 1. The quantitative estimate of drug-likeness (QED) is 0.651. The monoisotopic (exact) mass is 426 g/mol. The average Bonchev–Trinajstić information content (AvgIpc) is 3.44. The molecule has 1 aliphatic rings. The van der Waals surface area contributed by atoms with Gasteiger partial charge in [0, 0.05) is 56.9 Å². The van der Waals surface area contributed by atoms with Crippen LogP contribution in [-0.4, -0.2) is 76.7 Å². The molecule has 1 saturated heterocycles. The van der Waals surface area contributed by atoms with Crippen molar-refractivity contribution in [1.82, 2.24) is 29.9 Å². The molecule has 9 heteroatoms. The molecule has 0 spiro atoms. The molecule has 0 saturated carbocycles. The highest BCUT2D eigenvalue weighted by atomic mass is 32.1. The van der Waals surface area contributed by atoms with Crippen LogP contribution >= 0.6 is 11.3 Å². The lowest BCUT2D eigenvalue weighted by atomic mass is 9.95. The normalized spacial score (nSPS) is 16.5. The first kappa shape index (κ1) is 20.5. The molecule has 1 fully saturated rings. The summed E-state index contributed by atoms with van der Waals surface area (Å²) in [4.78, 5) is 35.8. The standard InChI is InChI=1S/C21H26N6O2S/c1-25(2)12-10-22-19(28)18-17(15-5-4-8-23-20(15)30-18)14-7-11-27(13-14)21(29)16-6-9-24-26(16)3/h4-6,8-9,14H,7,10-13H2,1-3H3,(H,22,28). The van der Waals surface area contributed by atoms with Gasteiger partial charge in [0.1, 0.15) is 10.5 Å². The van der Waals surface area contributed by atoms with Gasteiger partial charge >= 0.3 is 0 Å². The Morgan fingerprint density at radius 3 is 2.87 bits per heavy atom. The number of fused-ring (bicyclic) bond motifs is 1. The number of amides is 2. The van der Waals surface area contributed by atoms with Crippen LogP contribution in [0.15, 0.2) is 30.6 Å². The molecule has 8 nitrogen and oxygen atoms in total. The maximum Gasteiger partial charge on any atom is 0.272 e. The number of aryl methyl sites for hydroxylation is 1. The zero-order chi connectivity index (χ0) is 21.3. The van der Waals surface area contributed by atoms with Crippen LogP contribution in [0, 0.1) is 0 Å². The van der Waals surface area contributed by atoms with Gasteiger partial charge in [0.05, 0.1) is 4.88 Å². The predicted octanol–water partition coefficient (Wildman–Crippen LogP) is 1.95. The summed E-state index contributed by atoms with van der Waals surface area (Å²) in [6.07, 6.45) is 4.21. The van der Waals surface area contributed by atoms with Crippen molar-refractivity contribution >= 4 is 33.4 Å². The van der Waals surface area contributed by atoms with Crippen LogP contribution < -0.4 is 5.32 Å². The summed E-state index contributed by atoms with van der Waals surface area (Å²) in [5.41, 5.74) is 1.60. The topological polar surface area (TPSA) is 83.4 Å². The van der Waals surface area contributed by atoms with Crippen molar-refractivity contribution < 1.29 is 9.59 Å². The molecular weight excluding hydrogens is 400 g/mol. The predicted molar refractivity (Wildman–Crippen MR) is 117 cm³/mol. The Hall–Kier alpha value is -2.78. The van der Waals surface area contributed by atoms with Crippen LogP contribution in [0.25, 0.3) is 10.2 Å². The molecule has 4 rings (SSSR count). The Labute approximate surface area is 179 Å². The number of hydrogen-bond donors (Lipinski definition) is 1. The second kappa shape index (κ2) is 8.53. The Morgan fingerprint density at radius 2 is 2.13 bits per heavy atom. The van der Waals surface area contributed by atoms with Crippen molar-refractivity contribution in [3.05, 3.63) is 46.7 Å². The van der Waals surface area contributed by atoms with E-state index in [-0.39, 0.29) is 17.7 Å². The summed E-state index contributed by atoms with van der Waals surface area (Å²) in [5.74, 6) is 0.0214. The highest BCUT2D eigenvalue weighted by molar-refractivity contribution is 7.20. The summed E-state index contributed by atoms with van der Waals surface area (Å²) in [5, 5.41) is 8.15. The van der Waals surface area contributed by atoms with E-state index in [1.54, 1.807) is 30.2 Å². The summed E-state index contributed by atoms with van der Waals surface area (Å²) in [6, 6.07) is 5.67. The van der Waals surface area contributed by atoms with Gasteiger partial charge in [-0.15, -0.1) is 11.3 Å². The number of pyridine rings is 1. The van der Waals surface area contributed by atoms with Gasteiger partial charge in [-0.3, -0.25) is 14.3 Å². The molecule has 1 unspecified atom stereocenters. The van der Waals surface area contributed by atoms with E-state index < -0.39 is 0 Å². The molecule has 0 aliphatic carbocycles. The van der Waals surface area contributed by atoms with Crippen LogP contribution in [0.4, 0.5) is 0 Å². The van der Waals surface area contributed by atoms with Crippen molar-refractivity contribution in [2.75, 3.05) is 40.3 Å². The van der Waals surface area contributed by atoms with E-state index in [9.17, 15) is 9.59 Å². The molecular formula is C21H26N6O2S. The Morgan fingerprint density at radius 1 is 1.30 bits per heavy atom. The van der Waals surface area contributed by atoms with Crippen LogP contribution in [0.5, 0.6) is 0 Å². The number of nitrogens with zero attached hydrogens (tertiary/aromatic N) is 5. The average molecular weight is 427 g/mol. The summed E-state index contributed by atoms with van der Waals surface area (Å²) in [6.45, 7) is 2.61. The number of likely N-dealkylation sites (N-methyl/N-ethyl adjacent to an activating group) is 1. The zero-order valence-corrected chi connectivity index (χ0v) is 18.3. The van der Waals surface area contributed by atoms with Gasteiger partial charge in [-0.1, -0.05) is 6.07 Å². The van der Waals surface area contributed by atoms with Crippen LogP contribution in [0.3, 0.4) is 0 Å². The Kier molecular flexibility index (Phi) is 5.83. The fourth-order valence-electron chi connectivity index (χ4n) is 3.92. The number of carbonyl (C=O) groups is 2. The third-order valence-corrected chi connectivity index (χ3v) is 6.61. The maximum absolute atomic E-state index is 13.0. The molecule has 3 aromatic rings. The van der Waals surface area contributed by atoms with Crippen molar-refractivity contribution in [2.45, 2.75) is 12.3 Å². The van der Waals surface area contributed by atoms with Crippen molar-refractivity contribution in [2.24, 2.45) is 7.05 Å². The van der Waals surface area contributed by atoms with Gasteiger partial charge in [-0.2, -0.15) is 5.10 Å². The van der Waals surface area contributed by atoms with Gasteiger partial charge in [0.2, 0.25) is 0 Å². The fraction of sp³-hybridized carbons (Fsp3) is 0.429. The third-order valence-electron chi connectivity index (χ3n) is 5.48. The van der Waals surface area contributed by atoms with E-state index >= 15 is 0 Å². The lowest BCUT2D eigenvalue weighted by Gasteiger charge is -2.17. The van der Waals surface area contributed by atoms with E-state index in [4.69, 9.17) is 0 Å². The van der Waals surface area contributed by atoms with E-state index in [2.05, 4.69) is 15.4 Å². The number of carbonyl (C=O) groups excluding carboxylic acids is 2. The maximum atomic E-state index is 13.0. The molecule has 1 aliphatic heterocycles. The van der Waals surface area contributed by atoms with Crippen molar-refractivity contribution in [1.29, 1.82) is 0 Å². The van der Waals surface area contributed by atoms with Gasteiger partial charge in [0.15, 0.2) is 0 Å². The first-order chi connectivity index (χ1) is 14.5. The molecule has 1 N–H and O–H groups in total. The molecule has 4 heterocycles. The van der Waals surface area contributed by atoms with E-state index in [0.717, 1.165) is 28.7 Å². The van der Waals surface area contributed by atoms with Crippen molar-refractivity contribution in [3.8, 4) is 0 Å². The number of thiophene rings is 1. The van der Waals surface area contributed by atoms with Crippen molar-refractivity contribution in [3.63, 3.8) is 0 Å². The summed E-state index contributed by atoms with van der Waals surface area (Å²) in [7, 11) is 5.73. The number of aromatic nitrogens is 3. The second-order valence-corrected chi connectivity index (χ2v) is 8.84. The van der Waals surface area contributed by atoms with Gasteiger partial charge in [-0.05, 0) is 38.2 Å². The SMILES string of the molecule is CN(C)CCNC(=O)c1sc2ncccc2c1C1CCN(C(=O)c2ccnn2C)C1. The number of hydrogen-bond acceptors (Lipinski definition) is 6. The van der Waals surface area contributed by atoms with E-state index in [1.807, 2.05) is 36.0 Å². The number of rotatable bonds is 6. The largest absolute Gasteiger partial charge is 0.350 e. The molecule has 158 valence electrons. The molecule has 2 amide bonds. The minimum absolute atomic E-state index is 0.0212. The van der Waals surface area contributed by atoms with Crippen LogP contribution in [0.1, 0.15) is 38.1 Å². The summed E-state index contributed by atoms with van der Waals surface area (Å²) < 4.78 is 1.60. The minimum atomic E-state index is -0.0636. The smallest absolute Gasteiger partial charge is 0.272 e. The van der Waals surface area contributed by atoms with Crippen LogP contribution in [-0.2, 0) is 7.05 Å². The molecule has 30 heavy (non-hydrogen) atoms. The van der Waals surface area contributed by atoms with E-state index in [0.29, 0.717) is 30.2 Å². The number of nitrogens with one attached hydrogen (secondary N) is 1. The minimum Gasteiger partial charge on any atom is -0.350 e. The molecule has 0 aromatic carbocycles. The zero-order valence-electron chi connectivity index (χ0n) is 17.5. The second-order valence-electron chi connectivity index (χ2n) is 7.84. The van der Waals surface area contributed by atoms with Gasteiger partial charge < -0.3 is 15.1 Å². The third kappa shape index (κ3) is 3.95. The molecule has 3 aromatic heterocycles. The lowest BCUT2D eigenvalue weighted by Crippen LogP contribution is -2.32. The molecule has 0 radical (unpaired) electrons. The summed E-state index contributed by atoms with van der Waals surface area (Å²) >= 11 is 1.43. The first-order valence-corrected chi connectivity index (χ1v) is 10.8. The fourth-order valence-corrected chi connectivity index (χ4v) is 5.07. The molecule has 1 atom stereocenters. The highest BCUT2D eigenvalue weighted by Crippen LogP contribution is 2.39. The first-order valence-electron chi connectivity index (χ1n) is 10.0. The van der Waals surface area contributed by atoms with Crippen LogP contribution in [0.2, 0.25) is 0 Å². The van der Waals surface area contributed by atoms with E-state index in [1.165, 1.54) is 11.3 Å². The Bertz CT molecular complexity index is 1070. The highest BCUT2D eigenvalue weighted by Gasteiger charge is 2.33. The Balaban J connectivity index is 1.59. The van der Waals surface area contributed by atoms with Gasteiger partial charge in [0.25, 0.3) is 11.8 Å². The van der Waals surface area contributed by atoms with Gasteiger partial charge in [-0.25, -0.2) is 4.98 Å².